The first kappa shape index (κ1) is 9.52. The Morgan fingerprint density at radius 2 is 2.43 bits per heavy atom. The largest absolute Gasteiger partial charge is 0.504 e. The van der Waals surface area contributed by atoms with E-state index in [1.807, 2.05) is 0 Å². The summed E-state index contributed by atoms with van der Waals surface area (Å²) in [6.07, 6.45) is 1.77. The monoisotopic (exact) mass is 256 g/mol. The van der Waals surface area contributed by atoms with Crippen molar-refractivity contribution in [3.8, 4) is 11.5 Å². The number of halogens is 1. The lowest BCUT2D eigenvalue weighted by molar-refractivity contribution is -0.107. The van der Waals surface area contributed by atoms with E-state index in [-0.39, 0.29) is 12.2 Å². The molecule has 1 aliphatic heterocycles. The van der Waals surface area contributed by atoms with Gasteiger partial charge in [-0.1, -0.05) is 15.9 Å². The third-order valence-electron chi connectivity index (χ3n) is 2.28. The Bertz CT molecular complexity index is 387. The summed E-state index contributed by atoms with van der Waals surface area (Å²) < 4.78 is 6.20. The van der Waals surface area contributed by atoms with Crippen LogP contribution in [0.3, 0.4) is 0 Å². The van der Waals surface area contributed by atoms with Crippen molar-refractivity contribution in [1.29, 1.82) is 0 Å². The third kappa shape index (κ3) is 1.39. The van der Waals surface area contributed by atoms with Gasteiger partial charge in [-0.25, -0.2) is 0 Å². The molecule has 1 N–H and O–H groups in total. The first-order chi connectivity index (χ1) is 6.74. The van der Waals surface area contributed by atoms with Crippen molar-refractivity contribution in [2.75, 3.05) is 6.61 Å². The minimum absolute atomic E-state index is 0.104. The van der Waals surface area contributed by atoms with Crippen molar-refractivity contribution in [2.45, 2.75) is 12.8 Å². The van der Waals surface area contributed by atoms with Gasteiger partial charge in [-0.15, -0.1) is 0 Å². The Morgan fingerprint density at radius 1 is 1.64 bits per heavy atom. The normalized spacial score (nSPS) is 13.5. The topological polar surface area (TPSA) is 46.5 Å². The molecule has 1 heterocycles. The van der Waals surface area contributed by atoms with Crippen LogP contribution in [0.2, 0.25) is 0 Å². The van der Waals surface area contributed by atoms with Gasteiger partial charge in [-0.05, 0) is 6.07 Å². The van der Waals surface area contributed by atoms with E-state index >= 15 is 0 Å². The predicted octanol–water partition coefficient (Wildman–Crippen LogP) is 1.83. The number of hydrogen-bond donors (Lipinski definition) is 1. The minimum atomic E-state index is 0.104. The summed E-state index contributed by atoms with van der Waals surface area (Å²) in [4.78, 5) is 10.4. The second kappa shape index (κ2) is 3.61. The van der Waals surface area contributed by atoms with E-state index in [1.54, 1.807) is 6.07 Å². The maximum Gasteiger partial charge on any atom is 0.165 e. The van der Waals surface area contributed by atoms with E-state index in [2.05, 4.69) is 15.9 Å². The number of carbonyl (C=O) groups is 1. The highest BCUT2D eigenvalue weighted by Crippen LogP contribution is 2.42. The Hall–Kier alpha value is -1.03. The number of aldehydes is 1. The van der Waals surface area contributed by atoms with Crippen molar-refractivity contribution in [2.24, 2.45) is 0 Å². The van der Waals surface area contributed by atoms with Gasteiger partial charge in [0, 0.05) is 28.4 Å². The Kier molecular flexibility index (Phi) is 2.46. The lowest BCUT2D eigenvalue weighted by Crippen LogP contribution is -1.91. The van der Waals surface area contributed by atoms with Gasteiger partial charge in [0.2, 0.25) is 0 Å². The average molecular weight is 257 g/mol. The summed E-state index contributed by atoms with van der Waals surface area (Å²) in [5, 5.41) is 9.76. The first-order valence-corrected chi connectivity index (χ1v) is 5.13. The molecule has 2 rings (SSSR count). The first-order valence-electron chi connectivity index (χ1n) is 4.33. The predicted molar refractivity (Wildman–Crippen MR) is 54.8 cm³/mol. The molecule has 0 amide bonds. The number of phenolic OH excluding ortho intramolecular Hbond substituents is 1. The van der Waals surface area contributed by atoms with Gasteiger partial charge < -0.3 is 14.6 Å². The maximum absolute atomic E-state index is 10.4. The summed E-state index contributed by atoms with van der Waals surface area (Å²) in [5.74, 6) is 0.629. The van der Waals surface area contributed by atoms with Crippen molar-refractivity contribution in [3.05, 3.63) is 21.7 Å². The van der Waals surface area contributed by atoms with E-state index in [4.69, 9.17) is 4.74 Å². The molecule has 0 radical (unpaired) electrons. The van der Waals surface area contributed by atoms with Crippen LogP contribution in [0.15, 0.2) is 10.5 Å². The van der Waals surface area contributed by atoms with Crippen LogP contribution in [-0.4, -0.2) is 18.0 Å². The van der Waals surface area contributed by atoms with Crippen molar-refractivity contribution in [3.63, 3.8) is 0 Å². The number of ether oxygens (including phenoxy) is 1. The highest BCUT2D eigenvalue weighted by Gasteiger charge is 2.22. The zero-order valence-electron chi connectivity index (χ0n) is 7.42. The van der Waals surface area contributed by atoms with Crippen molar-refractivity contribution >= 4 is 22.2 Å². The van der Waals surface area contributed by atoms with E-state index < -0.39 is 0 Å². The highest BCUT2D eigenvalue weighted by molar-refractivity contribution is 9.10. The second-order valence-corrected chi connectivity index (χ2v) is 4.00. The molecule has 0 bridgehead atoms. The molecule has 1 aromatic rings. The molecule has 4 heteroatoms. The fourth-order valence-corrected chi connectivity index (χ4v) is 2.25. The third-order valence-corrected chi connectivity index (χ3v) is 2.99. The van der Waals surface area contributed by atoms with Crippen LogP contribution in [0.1, 0.15) is 11.1 Å². The number of rotatable bonds is 2. The molecule has 1 aliphatic rings. The number of aromatic hydroxyl groups is 1. The highest BCUT2D eigenvalue weighted by atomic mass is 79.9. The molecule has 3 nitrogen and oxygen atoms in total. The molecule has 0 unspecified atom stereocenters. The number of hydrogen-bond acceptors (Lipinski definition) is 3. The molecule has 74 valence electrons. The van der Waals surface area contributed by atoms with E-state index in [1.165, 1.54) is 0 Å². The second-order valence-electron chi connectivity index (χ2n) is 3.14. The van der Waals surface area contributed by atoms with Crippen LogP contribution in [-0.2, 0) is 17.6 Å². The molecular weight excluding hydrogens is 248 g/mol. The summed E-state index contributed by atoms with van der Waals surface area (Å²) >= 11 is 3.40. The van der Waals surface area contributed by atoms with Gasteiger partial charge in [0.1, 0.15) is 6.29 Å². The number of benzene rings is 1. The minimum Gasteiger partial charge on any atom is -0.504 e. The molecule has 0 saturated heterocycles. The standard InChI is InChI=1S/C10H9BrO3/c11-8-5-6(1-3-12)9(13)10-7(8)2-4-14-10/h3,5,13H,1-2,4H2. The molecule has 1 aromatic carbocycles. The SMILES string of the molecule is O=CCc1cc(Br)c2c(c1O)OCC2. The lowest BCUT2D eigenvalue weighted by Gasteiger charge is -2.08. The number of fused-ring (bicyclic) bond motifs is 1. The summed E-state index contributed by atoms with van der Waals surface area (Å²) in [6.45, 7) is 0.589. The van der Waals surface area contributed by atoms with Gasteiger partial charge in [0.05, 0.1) is 6.61 Å². The molecular formula is C10H9BrO3. The van der Waals surface area contributed by atoms with Crippen LogP contribution in [0.25, 0.3) is 0 Å². The molecule has 0 saturated carbocycles. The zero-order chi connectivity index (χ0) is 10.1. The van der Waals surface area contributed by atoms with Crippen LogP contribution < -0.4 is 4.74 Å². The van der Waals surface area contributed by atoms with E-state index in [9.17, 15) is 9.90 Å². The van der Waals surface area contributed by atoms with Crippen molar-refractivity contribution in [1.82, 2.24) is 0 Å². The van der Waals surface area contributed by atoms with Crippen molar-refractivity contribution < 1.29 is 14.6 Å². The smallest absolute Gasteiger partial charge is 0.165 e. The van der Waals surface area contributed by atoms with Crippen LogP contribution in [0.4, 0.5) is 0 Å². The zero-order valence-corrected chi connectivity index (χ0v) is 9.00. The quantitative estimate of drug-likeness (QED) is 0.822. The average Bonchev–Trinajstić information content (AvgIpc) is 2.63. The fourth-order valence-electron chi connectivity index (χ4n) is 1.59. The molecule has 0 atom stereocenters. The van der Waals surface area contributed by atoms with Gasteiger partial charge in [0.25, 0.3) is 0 Å². The Morgan fingerprint density at radius 3 is 3.14 bits per heavy atom. The molecule has 0 spiro atoms. The number of phenols is 1. The summed E-state index contributed by atoms with van der Waals surface area (Å²) in [7, 11) is 0. The van der Waals surface area contributed by atoms with Crippen LogP contribution in [0, 0.1) is 0 Å². The van der Waals surface area contributed by atoms with Gasteiger partial charge in [0.15, 0.2) is 11.5 Å². The Balaban J connectivity index is 2.55. The van der Waals surface area contributed by atoms with Gasteiger partial charge >= 0.3 is 0 Å². The summed E-state index contributed by atoms with van der Waals surface area (Å²) in [6, 6.07) is 1.78. The molecule has 0 aromatic heterocycles. The number of carbonyl (C=O) groups excluding carboxylic acids is 1. The Labute approximate surface area is 89.8 Å². The maximum atomic E-state index is 10.4. The molecule has 0 aliphatic carbocycles. The van der Waals surface area contributed by atoms with E-state index in [0.29, 0.717) is 17.9 Å². The molecule has 0 fully saturated rings. The summed E-state index contributed by atoms with van der Waals surface area (Å²) in [5.41, 5.74) is 1.59. The van der Waals surface area contributed by atoms with E-state index in [0.717, 1.165) is 22.7 Å². The van der Waals surface area contributed by atoms with Gasteiger partial charge in [-0.2, -0.15) is 0 Å². The molecule has 14 heavy (non-hydrogen) atoms. The van der Waals surface area contributed by atoms with Crippen LogP contribution in [0.5, 0.6) is 11.5 Å². The van der Waals surface area contributed by atoms with Crippen LogP contribution >= 0.6 is 15.9 Å². The van der Waals surface area contributed by atoms with Gasteiger partial charge in [-0.3, -0.25) is 0 Å². The lowest BCUT2D eigenvalue weighted by atomic mass is 10.1. The fraction of sp³-hybridized carbons (Fsp3) is 0.300.